The molecule has 9 heteroatoms. The number of nitrogens with zero attached hydrogens (tertiary/aromatic N) is 5. The van der Waals surface area contributed by atoms with Gasteiger partial charge in [-0.05, 0) is 44.0 Å². The molecule has 0 fully saturated rings. The second kappa shape index (κ2) is 7.19. The Morgan fingerprint density at radius 3 is 2.87 bits per heavy atom. The van der Waals surface area contributed by atoms with Gasteiger partial charge in [-0.1, -0.05) is 12.1 Å². The van der Waals surface area contributed by atoms with Gasteiger partial charge in [-0.15, -0.1) is 0 Å². The van der Waals surface area contributed by atoms with Crippen LogP contribution in [0.5, 0.6) is 11.8 Å². The van der Waals surface area contributed by atoms with E-state index in [1.165, 1.54) is 12.3 Å². The number of pyridine rings is 1. The first-order chi connectivity index (χ1) is 14.9. The Labute approximate surface area is 177 Å². The first-order valence-corrected chi connectivity index (χ1v) is 9.97. The number of aromatic nitrogens is 5. The van der Waals surface area contributed by atoms with Crippen molar-refractivity contribution in [2.24, 2.45) is 0 Å². The van der Waals surface area contributed by atoms with Crippen molar-refractivity contribution in [3.05, 3.63) is 54.1 Å². The summed E-state index contributed by atoms with van der Waals surface area (Å²) in [6.45, 7) is 5.14. The van der Waals surface area contributed by atoms with Gasteiger partial charge in [0.1, 0.15) is 18.2 Å². The molecular formula is C22H21FN6O2. The van der Waals surface area contributed by atoms with Crippen LogP contribution in [0.1, 0.15) is 19.4 Å². The molecule has 0 unspecified atom stereocenters. The van der Waals surface area contributed by atoms with Gasteiger partial charge in [0.05, 0.1) is 11.7 Å². The lowest BCUT2D eigenvalue weighted by atomic mass is 10.1. The molecule has 0 spiro atoms. The first-order valence-electron chi connectivity index (χ1n) is 9.97. The van der Waals surface area contributed by atoms with E-state index in [9.17, 15) is 9.50 Å². The lowest BCUT2D eigenvalue weighted by molar-refractivity contribution is 0.268. The minimum absolute atomic E-state index is 0.229. The van der Waals surface area contributed by atoms with Crippen LogP contribution in [-0.4, -0.2) is 42.8 Å². The number of phenols is 1. The Hall–Kier alpha value is -3.75. The number of benzene rings is 1. The molecule has 8 nitrogen and oxygen atoms in total. The molecule has 0 amide bonds. The summed E-state index contributed by atoms with van der Waals surface area (Å²) in [6, 6.07) is 8.96. The van der Waals surface area contributed by atoms with E-state index < -0.39 is 5.82 Å². The molecule has 0 atom stereocenters. The van der Waals surface area contributed by atoms with E-state index in [0.717, 1.165) is 11.8 Å². The maximum atomic E-state index is 13.8. The molecule has 158 valence electrons. The normalized spacial score (nSPS) is 14.4. The number of nitrogens with one attached hydrogen (secondary N) is 1. The average Bonchev–Trinajstić information content (AvgIpc) is 3.25. The zero-order chi connectivity index (χ0) is 21.6. The third-order valence-corrected chi connectivity index (χ3v) is 5.22. The summed E-state index contributed by atoms with van der Waals surface area (Å²) < 4.78 is 21.5. The van der Waals surface area contributed by atoms with Gasteiger partial charge in [-0.3, -0.25) is 9.55 Å². The molecule has 31 heavy (non-hydrogen) atoms. The van der Waals surface area contributed by atoms with Gasteiger partial charge in [0, 0.05) is 18.3 Å². The predicted octanol–water partition coefficient (Wildman–Crippen LogP) is 3.52. The molecule has 1 aliphatic rings. The molecule has 1 aromatic carbocycles. The number of fused-ring (bicyclic) bond motifs is 3. The number of hydrogen-bond donors (Lipinski definition) is 2. The molecule has 0 radical (unpaired) electrons. The average molecular weight is 420 g/mol. The number of phenolic OH excluding ortho intramolecular Hbond substituents is 1. The molecule has 5 rings (SSSR count). The highest BCUT2D eigenvalue weighted by Gasteiger charge is 2.36. The van der Waals surface area contributed by atoms with Crippen LogP contribution in [0, 0.1) is 5.82 Å². The van der Waals surface area contributed by atoms with Crippen molar-refractivity contribution in [1.29, 1.82) is 0 Å². The lowest BCUT2D eigenvalue weighted by Gasteiger charge is -2.18. The fraction of sp³-hybridized carbons (Fsp3) is 0.273. The van der Waals surface area contributed by atoms with E-state index >= 15 is 0 Å². The molecule has 0 aliphatic carbocycles. The Morgan fingerprint density at radius 2 is 2.06 bits per heavy atom. The SMILES string of the molecule is CC1(C)COc2nc3c(NCCc4cccc(O)c4)nc(-c4cncc(F)c4)nc3n21. The van der Waals surface area contributed by atoms with E-state index in [-0.39, 0.29) is 11.3 Å². The second-order valence-electron chi connectivity index (χ2n) is 8.14. The summed E-state index contributed by atoms with van der Waals surface area (Å²) in [6.07, 6.45) is 3.35. The monoisotopic (exact) mass is 420 g/mol. The van der Waals surface area contributed by atoms with Gasteiger partial charge in [0.15, 0.2) is 22.8 Å². The lowest BCUT2D eigenvalue weighted by Crippen LogP contribution is -2.25. The van der Waals surface area contributed by atoms with Crippen LogP contribution in [0.15, 0.2) is 42.7 Å². The van der Waals surface area contributed by atoms with E-state index in [4.69, 9.17) is 4.74 Å². The molecular weight excluding hydrogens is 399 g/mol. The van der Waals surface area contributed by atoms with Gasteiger partial charge in [-0.25, -0.2) is 14.4 Å². The maximum Gasteiger partial charge on any atom is 0.299 e. The number of aromatic hydroxyl groups is 1. The van der Waals surface area contributed by atoms with Crippen molar-refractivity contribution in [2.75, 3.05) is 18.5 Å². The minimum atomic E-state index is -0.457. The van der Waals surface area contributed by atoms with Crippen LogP contribution in [0.4, 0.5) is 10.2 Å². The standard InChI is InChI=1S/C22H21FN6O2/c1-22(2)12-31-21-26-17-19(25-7-6-13-4-3-5-16(30)8-13)27-18(28-20(17)29(21)22)14-9-15(23)11-24-10-14/h3-5,8-11,30H,6-7,12H2,1-2H3,(H,25,27,28). The van der Waals surface area contributed by atoms with Crippen molar-refractivity contribution in [3.63, 3.8) is 0 Å². The number of imidazole rings is 1. The van der Waals surface area contributed by atoms with Gasteiger partial charge in [0.25, 0.3) is 6.01 Å². The summed E-state index contributed by atoms with van der Waals surface area (Å²) in [5.41, 5.74) is 2.35. The van der Waals surface area contributed by atoms with Crippen molar-refractivity contribution in [1.82, 2.24) is 24.5 Å². The first kappa shape index (κ1) is 19.2. The quantitative estimate of drug-likeness (QED) is 0.510. The Morgan fingerprint density at radius 1 is 1.19 bits per heavy atom. The van der Waals surface area contributed by atoms with E-state index in [1.807, 2.05) is 30.5 Å². The van der Waals surface area contributed by atoms with Crippen molar-refractivity contribution < 1.29 is 14.2 Å². The van der Waals surface area contributed by atoms with Crippen LogP contribution in [0.2, 0.25) is 0 Å². The van der Waals surface area contributed by atoms with Crippen LogP contribution < -0.4 is 10.1 Å². The fourth-order valence-electron chi connectivity index (χ4n) is 3.71. The molecule has 3 aromatic heterocycles. The van der Waals surface area contributed by atoms with E-state index in [2.05, 4.69) is 25.3 Å². The van der Waals surface area contributed by atoms with E-state index in [0.29, 0.717) is 54.0 Å². The second-order valence-corrected chi connectivity index (χ2v) is 8.14. The molecule has 2 N–H and O–H groups in total. The zero-order valence-corrected chi connectivity index (χ0v) is 17.1. The summed E-state index contributed by atoms with van der Waals surface area (Å²) in [5.74, 6) is 0.657. The summed E-state index contributed by atoms with van der Waals surface area (Å²) in [7, 11) is 0. The highest BCUT2D eigenvalue weighted by Crippen LogP contribution is 2.37. The fourth-order valence-corrected chi connectivity index (χ4v) is 3.71. The van der Waals surface area contributed by atoms with Crippen LogP contribution in [0.25, 0.3) is 22.6 Å². The van der Waals surface area contributed by atoms with Gasteiger partial charge in [-0.2, -0.15) is 4.98 Å². The minimum Gasteiger partial charge on any atom is -0.508 e. The van der Waals surface area contributed by atoms with E-state index in [1.54, 1.807) is 12.1 Å². The topological polar surface area (TPSA) is 98.0 Å². The summed E-state index contributed by atoms with van der Waals surface area (Å²) in [4.78, 5) is 17.8. The maximum absolute atomic E-state index is 13.8. The van der Waals surface area contributed by atoms with Gasteiger partial charge in [0.2, 0.25) is 0 Å². The third kappa shape index (κ3) is 3.52. The number of halogens is 1. The van der Waals surface area contributed by atoms with Crippen molar-refractivity contribution >= 4 is 17.0 Å². The highest BCUT2D eigenvalue weighted by molar-refractivity contribution is 5.86. The predicted molar refractivity (Wildman–Crippen MR) is 114 cm³/mol. The molecule has 4 heterocycles. The van der Waals surface area contributed by atoms with Gasteiger partial charge >= 0.3 is 0 Å². The largest absolute Gasteiger partial charge is 0.508 e. The third-order valence-electron chi connectivity index (χ3n) is 5.22. The van der Waals surface area contributed by atoms with Crippen molar-refractivity contribution in [2.45, 2.75) is 25.8 Å². The molecule has 4 aromatic rings. The molecule has 0 saturated carbocycles. The Balaban J connectivity index is 1.56. The smallest absolute Gasteiger partial charge is 0.299 e. The van der Waals surface area contributed by atoms with Crippen LogP contribution >= 0.6 is 0 Å². The molecule has 0 saturated heterocycles. The summed E-state index contributed by atoms with van der Waals surface area (Å²) in [5, 5.41) is 13.0. The zero-order valence-electron chi connectivity index (χ0n) is 17.1. The number of ether oxygens (including phenoxy) is 1. The molecule has 1 aliphatic heterocycles. The Bertz CT molecular complexity index is 1290. The number of anilines is 1. The van der Waals surface area contributed by atoms with Gasteiger partial charge < -0.3 is 15.2 Å². The summed E-state index contributed by atoms with van der Waals surface area (Å²) >= 11 is 0. The number of hydrogen-bond acceptors (Lipinski definition) is 7. The Kier molecular flexibility index (Phi) is 4.46. The van der Waals surface area contributed by atoms with Crippen molar-refractivity contribution in [3.8, 4) is 23.1 Å². The highest BCUT2D eigenvalue weighted by atomic mass is 19.1. The number of rotatable bonds is 5. The molecule has 0 bridgehead atoms. The van der Waals surface area contributed by atoms with Crippen LogP contribution in [-0.2, 0) is 12.0 Å². The van der Waals surface area contributed by atoms with Crippen LogP contribution in [0.3, 0.4) is 0 Å².